The van der Waals surface area contributed by atoms with Crippen molar-refractivity contribution in [3.8, 4) is 0 Å². The summed E-state index contributed by atoms with van der Waals surface area (Å²) >= 11 is 1.45. The zero-order valence-corrected chi connectivity index (χ0v) is 8.56. The lowest BCUT2D eigenvalue weighted by atomic mass is 10.4. The monoisotopic (exact) mass is 202 g/mol. The van der Waals surface area contributed by atoms with E-state index in [1.54, 1.807) is 0 Å². The van der Waals surface area contributed by atoms with E-state index in [9.17, 15) is 5.11 Å². The minimum Gasteiger partial charge on any atom is -0.391 e. The van der Waals surface area contributed by atoms with Gasteiger partial charge in [0.1, 0.15) is 5.82 Å². The van der Waals surface area contributed by atoms with Gasteiger partial charge < -0.3 is 10.4 Å². The van der Waals surface area contributed by atoms with Gasteiger partial charge in [-0.1, -0.05) is 11.8 Å². The van der Waals surface area contributed by atoms with Crippen molar-refractivity contribution in [2.45, 2.75) is 18.2 Å². The molecule has 0 saturated carbocycles. The predicted octanol–water partition coefficient (Wildman–Crippen LogP) is -0.214. The van der Waals surface area contributed by atoms with Crippen molar-refractivity contribution in [2.24, 2.45) is 0 Å². The summed E-state index contributed by atoms with van der Waals surface area (Å²) in [6.45, 7) is 2.44. The molecule has 0 radical (unpaired) electrons. The van der Waals surface area contributed by atoms with E-state index in [0.29, 0.717) is 17.5 Å². The third-order valence-electron chi connectivity index (χ3n) is 1.42. The molecule has 0 saturated heterocycles. The summed E-state index contributed by atoms with van der Waals surface area (Å²) in [5.41, 5.74) is 0. The van der Waals surface area contributed by atoms with Crippen LogP contribution in [0.4, 0.5) is 0 Å². The van der Waals surface area contributed by atoms with Crippen LogP contribution < -0.4 is 5.32 Å². The van der Waals surface area contributed by atoms with Crippen LogP contribution >= 0.6 is 11.8 Å². The Morgan fingerprint density at radius 3 is 3.00 bits per heavy atom. The Morgan fingerprint density at radius 1 is 1.69 bits per heavy atom. The molecule has 0 bridgehead atoms. The average Bonchev–Trinajstić information content (AvgIpc) is 2.49. The fraction of sp³-hybridized carbons (Fsp3) is 0.714. The van der Waals surface area contributed by atoms with E-state index in [1.807, 2.05) is 14.0 Å². The molecule has 1 aromatic heterocycles. The minimum absolute atomic E-state index is 0.353. The summed E-state index contributed by atoms with van der Waals surface area (Å²) in [7, 11) is 1.81. The van der Waals surface area contributed by atoms with E-state index < -0.39 is 0 Å². The first-order valence-corrected chi connectivity index (χ1v) is 5.05. The lowest BCUT2D eigenvalue weighted by Gasteiger charge is -2.06. The van der Waals surface area contributed by atoms with Crippen LogP contribution in [0.15, 0.2) is 5.16 Å². The Kier molecular flexibility index (Phi) is 4.20. The smallest absolute Gasteiger partial charge is 0.208 e. The fourth-order valence-corrected chi connectivity index (χ4v) is 1.62. The third kappa shape index (κ3) is 3.75. The maximum Gasteiger partial charge on any atom is 0.208 e. The number of rotatable bonds is 5. The van der Waals surface area contributed by atoms with Gasteiger partial charge in [0.15, 0.2) is 0 Å². The number of hydrogen-bond acceptors (Lipinski definition) is 5. The van der Waals surface area contributed by atoms with Gasteiger partial charge in [-0.15, -0.1) is 5.10 Å². The van der Waals surface area contributed by atoms with Gasteiger partial charge in [0, 0.05) is 12.3 Å². The summed E-state index contributed by atoms with van der Waals surface area (Å²) in [5.74, 6) is 1.41. The SMILES string of the molecule is CNCC(O)CSc1n[nH]c(C)n1. The van der Waals surface area contributed by atoms with E-state index in [-0.39, 0.29) is 6.10 Å². The van der Waals surface area contributed by atoms with E-state index >= 15 is 0 Å². The molecule has 13 heavy (non-hydrogen) atoms. The zero-order chi connectivity index (χ0) is 9.68. The van der Waals surface area contributed by atoms with Gasteiger partial charge in [-0.3, -0.25) is 5.10 Å². The molecule has 3 N–H and O–H groups in total. The highest BCUT2D eigenvalue weighted by Gasteiger charge is 2.06. The molecule has 1 unspecified atom stereocenters. The Morgan fingerprint density at radius 2 is 2.46 bits per heavy atom. The van der Waals surface area contributed by atoms with Crippen LogP contribution in [0.2, 0.25) is 0 Å². The summed E-state index contributed by atoms with van der Waals surface area (Å²) < 4.78 is 0. The molecule has 5 nitrogen and oxygen atoms in total. The molecule has 0 spiro atoms. The molecular weight excluding hydrogens is 188 g/mol. The molecule has 0 aliphatic rings. The number of aromatic nitrogens is 3. The maximum absolute atomic E-state index is 9.37. The number of likely N-dealkylation sites (N-methyl/N-ethyl adjacent to an activating group) is 1. The van der Waals surface area contributed by atoms with Crippen molar-refractivity contribution in [1.29, 1.82) is 0 Å². The molecule has 1 atom stereocenters. The summed E-state index contributed by atoms with van der Waals surface area (Å²) in [5, 5.41) is 19.6. The number of nitrogens with one attached hydrogen (secondary N) is 2. The number of aliphatic hydroxyl groups excluding tert-OH is 1. The molecule has 1 rings (SSSR count). The topological polar surface area (TPSA) is 73.8 Å². The molecular formula is C7H14N4OS. The van der Waals surface area contributed by atoms with Crippen molar-refractivity contribution in [3.05, 3.63) is 5.82 Å². The number of H-pyrrole nitrogens is 1. The van der Waals surface area contributed by atoms with Crippen LogP contribution in [0.25, 0.3) is 0 Å². The van der Waals surface area contributed by atoms with Gasteiger partial charge in [0.25, 0.3) is 0 Å². The van der Waals surface area contributed by atoms with E-state index in [0.717, 1.165) is 5.82 Å². The molecule has 0 fully saturated rings. The first-order chi connectivity index (χ1) is 6.22. The first-order valence-electron chi connectivity index (χ1n) is 4.07. The molecule has 0 aromatic carbocycles. The van der Waals surface area contributed by atoms with Gasteiger partial charge in [0.05, 0.1) is 6.10 Å². The van der Waals surface area contributed by atoms with Crippen molar-refractivity contribution in [2.75, 3.05) is 19.3 Å². The highest BCUT2D eigenvalue weighted by molar-refractivity contribution is 7.99. The number of nitrogens with zero attached hydrogens (tertiary/aromatic N) is 2. The van der Waals surface area contributed by atoms with Crippen molar-refractivity contribution in [3.63, 3.8) is 0 Å². The van der Waals surface area contributed by atoms with Crippen molar-refractivity contribution in [1.82, 2.24) is 20.5 Å². The average molecular weight is 202 g/mol. The molecule has 1 heterocycles. The van der Waals surface area contributed by atoms with Crippen LogP contribution in [0.3, 0.4) is 0 Å². The Balaban J connectivity index is 2.26. The molecule has 0 aliphatic heterocycles. The number of aromatic amines is 1. The maximum atomic E-state index is 9.37. The highest BCUT2D eigenvalue weighted by Crippen LogP contribution is 2.12. The number of hydrogen-bond donors (Lipinski definition) is 3. The predicted molar refractivity (Wildman–Crippen MR) is 51.8 cm³/mol. The van der Waals surface area contributed by atoms with Crippen LogP contribution in [0.5, 0.6) is 0 Å². The molecule has 6 heteroatoms. The molecule has 0 aliphatic carbocycles. The fourth-order valence-electron chi connectivity index (χ4n) is 0.852. The first kappa shape index (κ1) is 10.5. The molecule has 0 amide bonds. The number of aryl methyl sites for hydroxylation is 1. The number of aliphatic hydroxyl groups is 1. The summed E-state index contributed by atoms with van der Waals surface area (Å²) in [6, 6.07) is 0. The van der Waals surface area contributed by atoms with Gasteiger partial charge >= 0.3 is 0 Å². The Bertz CT molecular complexity index is 252. The normalized spacial score (nSPS) is 13.2. The van der Waals surface area contributed by atoms with Crippen molar-refractivity contribution >= 4 is 11.8 Å². The standard InChI is InChI=1S/C7H14N4OS/c1-5-9-7(11-10-5)13-4-6(12)3-8-2/h6,8,12H,3-4H2,1-2H3,(H,9,10,11). The minimum atomic E-state index is -0.353. The Labute approximate surface area is 81.3 Å². The van der Waals surface area contributed by atoms with Crippen LogP contribution in [-0.4, -0.2) is 45.7 Å². The second kappa shape index (κ2) is 5.21. The van der Waals surface area contributed by atoms with Gasteiger partial charge in [-0.05, 0) is 14.0 Å². The third-order valence-corrected chi connectivity index (χ3v) is 2.41. The van der Waals surface area contributed by atoms with Crippen LogP contribution in [-0.2, 0) is 0 Å². The van der Waals surface area contributed by atoms with Crippen LogP contribution in [0, 0.1) is 6.92 Å². The highest BCUT2D eigenvalue weighted by atomic mass is 32.2. The van der Waals surface area contributed by atoms with E-state index in [4.69, 9.17) is 0 Å². The second-order valence-electron chi connectivity index (χ2n) is 2.73. The largest absolute Gasteiger partial charge is 0.391 e. The second-order valence-corrected chi connectivity index (χ2v) is 3.71. The van der Waals surface area contributed by atoms with E-state index in [2.05, 4.69) is 20.5 Å². The summed E-state index contributed by atoms with van der Waals surface area (Å²) in [4.78, 5) is 4.11. The van der Waals surface area contributed by atoms with Gasteiger partial charge in [-0.2, -0.15) is 0 Å². The van der Waals surface area contributed by atoms with Gasteiger partial charge in [-0.25, -0.2) is 4.98 Å². The molecule has 1 aromatic rings. The Hall–Kier alpha value is -0.590. The van der Waals surface area contributed by atoms with Crippen LogP contribution in [0.1, 0.15) is 5.82 Å². The van der Waals surface area contributed by atoms with E-state index in [1.165, 1.54) is 11.8 Å². The summed E-state index contributed by atoms with van der Waals surface area (Å²) in [6.07, 6.45) is -0.353. The quantitative estimate of drug-likeness (QED) is 0.576. The van der Waals surface area contributed by atoms with Crippen molar-refractivity contribution < 1.29 is 5.11 Å². The number of thioether (sulfide) groups is 1. The lowest BCUT2D eigenvalue weighted by molar-refractivity contribution is 0.199. The van der Waals surface area contributed by atoms with Gasteiger partial charge in [0.2, 0.25) is 5.16 Å². The lowest BCUT2D eigenvalue weighted by Crippen LogP contribution is -2.25. The zero-order valence-electron chi connectivity index (χ0n) is 7.74. The molecule has 74 valence electrons.